The molecule has 11 heteroatoms. The van der Waals surface area contributed by atoms with E-state index < -0.39 is 48.5 Å². The van der Waals surface area contributed by atoms with Gasteiger partial charge in [-0.1, -0.05) is 121 Å². The van der Waals surface area contributed by atoms with Gasteiger partial charge < -0.3 is 30.0 Å². The van der Waals surface area contributed by atoms with E-state index in [1.165, 1.54) is 7.11 Å². The van der Waals surface area contributed by atoms with Gasteiger partial charge in [-0.25, -0.2) is 14.6 Å². The first kappa shape index (κ1) is 34.1. The van der Waals surface area contributed by atoms with Crippen LogP contribution in [0.5, 0.6) is 0 Å². The molecule has 0 saturated carbocycles. The van der Waals surface area contributed by atoms with Crippen molar-refractivity contribution >= 4 is 23.9 Å². The van der Waals surface area contributed by atoms with E-state index in [-0.39, 0.29) is 13.0 Å². The van der Waals surface area contributed by atoms with Crippen LogP contribution in [0.25, 0.3) is 0 Å². The molecule has 0 spiro atoms. The Kier molecular flexibility index (Phi) is 11.5. The van der Waals surface area contributed by atoms with E-state index in [9.17, 15) is 19.2 Å². The van der Waals surface area contributed by atoms with Gasteiger partial charge in [-0.3, -0.25) is 9.59 Å². The van der Waals surface area contributed by atoms with Gasteiger partial charge >= 0.3 is 12.1 Å². The predicted molar refractivity (Wildman–Crippen MR) is 182 cm³/mol. The van der Waals surface area contributed by atoms with Gasteiger partial charge in [0.15, 0.2) is 0 Å². The summed E-state index contributed by atoms with van der Waals surface area (Å²) in [6.45, 7) is -0.777. The van der Waals surface area contributed by atoms with Crippen molar-refractivity contribution in [2.75, 3.05) is 20.2 Å². The summed E-state index contributed by atoms with van der Waals surface area (Å²) in [5.41, 5.74) is 3.54. The maximum absolute atomic E-state index is 12.8. The van der Waals surface area contributed by atoms with Crippen LogP contribution >= 0.6 is 0 Å². The summed E-state index contributed by atoms with van der Waals surface area (Å²) < 4.78 is 12.1. The third-order valence-electron chi connectivity index (χ3n) is 7.88. The fourth-order valence-electron chi connectivity index (χ4n) is 5.60. The summed E-state index contributed by atoms with van der Waals surface area (Å²) in [6, 6.07) is 38.2. The van der Waals surface area contributed by atoms with E-state index in [0.717, 1.165) is 22.3 Å². The van der Waals surface area contributed by atoms with Gasteiger partial charge in [0.25, 0.3) is 0 Å². The van der Waals surface area contributed by atoms with E-state index in [0.29, 0.717) is 5.69 Å². The zero-order valence-electron chi connectivity index (χ0n) is 27.0. The second-order valence-electron chi connectivity index (χ2n) is 11.1. The van der Waals surface area contributed by atoms with Crippen molar-refractivity contribution in [2.45, 2.75) is 24.6 Å². The number of nitrogens with one attached hydrogen (secondary N) is 3. The topological polar surface area (TPSA) is 141 Å². The average Bonchev–Trinajstić information content (AvgIpc) is 3.62. The number of methoxy groups -OCH3 is 1. The Bertz CT molecular complexity index is 1740. The van der Waals surface area contributed by atoms with Crippen LogP contribution in [-0.4, -0.2) is 59.7 Å². The number of carbonyl (C=O) groups excluding carboxylic acids is 4. The molecule has 1 aromatic heterocycles. The molecule has 5 aromatic rings. The van der Waals surface area contributed by atoms with Crippen molar-refractivity contribution < 1.29 is 28.7 Å². The molecule has 0 aliphatic rings. The van der Waals surface area contributed by atoms with E-state index in [2.05, 4.69) is 57.3 Å². The van der Waals surface area contributed by atoms with Gasteiger partial charge in [0.1, 0.15) is 24.7 Å². The van der Waals surface area contributed by atoms with Gasteiger partial charge in [-0.2, -0.15) is 0 Å². The Balaban J connectivity index is 1.26. The number of alkyl carbamates (subject to hydrolysis) is 1. The highest BCUT2D eigenvalue weighted by Crippen LogP contribution is 2.40. The summed E-state index contributed by atoms with van der Waals surface area (Å²) in [7, 11) is 1.23. The molecule has 0 aliphatic carbocycles. The van der Waals surface area contributed by atoms with Crippen molar-refractivity contribution in [3.05, 3.63) is 162 Å². The van der Waals surface area contributed by atoms with Crippen molar-refractivity contribution in [1.29, 1.82) is 0 Å². The number of imidazole rings is 1. The number of benzene rings is 4. The minimum absolute atomic E-state index is 0.0304. The van der Waals surface area contributed by atoms with Crippen molar-refractivity contribution in [2.24, 2.45) is 0 Å². The first-order valence-electron chi connectivity index (χ1n) is 15.7. The SMILES string of the molecule is COC(=O)[C@H](Cc1cn(C(c2ccccc2)(c2ccccc2)c2ccccc2)cn1)NC(=O)CNC(=O)CNC(=O)OCc1ccccc1. The van der Waals surface area contributed by atoms with E-state index in [1.54, 1.807) is 18.5 Å². The Hall–Kier alpha value is -6.23. The fraction of sp³-hybridized carbons (Fsp3) is 0.184. The molecule has 0 bridgehead atoms. The van der Waals surface area contributed by atoms with Crippen molar-refractivity contribution in [3.8, 4) is 0 Å². The van der Waals surface area contributed by atoms with Crippen LogP contribution in [0.3, 0.4) is 0 Å². The Morgan fingerprint density at radius 3 is 1.76 bits per heavy atom. The summed E-state index contributed by atoms with van der Waals surface area (Å²) in [5.74, 6) is -1.90. The standard InChI is InChI=1S/C38H37N5O6/c1-48-36(46)33(42-35(45)24-39-34(44)23-40-37(47)49-26-28-14-6-2-7-15-28)22-32-25-43(27-41-32)38(29-16-8-3-9-17-29,30-18-10-4-11-19-30)31-20-12-5-13-21-31/h2-21,25,27,33H,22-24,26H2,1H3,(H,39,44)(H,40,47)(H,42,45)/t33-/m0/s1. The van der Waals surface area contributed by atoms with Crippen LogP contribution in [0.1, 0.15) is 27.9 Å². The lowest BCUT2D eigenvalue weighted by Crippen LogP contribution is -2.48. The van der Waals surface area contributed by atoms with Crippen LogP contribution in [0, 0.1) is 0 Å². The number of hydrogen-bond donors (Lipinski definition) is 3. The van der Waals surface area contributed by atoms with Crippen LogP contribution in [0.15, 0.2) is 134 Å². The number of amides is 3. The molecular formula is C38H37N5O6. The zero-order valence-corrected chi connectivity index (χ0v) is 27.0. The summed E-state index contributed by atoms with van der Waals surface area (Å²) >= 11 is 0. The Morgan fingerprint density at radius 2 is 1.22 bits per heavy atom. The van der Waals surface area contributed by atoms with Gasteiger partial charge in [0.2, 0.25) is 11.8 Å². The third-order valence-corrected chi connectivity index (χ3v) is 7.88. The molecule has 0 radical (unpaired) electrons. The molecule has 0 aliphatic heterocycles. The number of carbonyl (C=O) groups is 4. The lowest BCUT2D eigenvalue weighted by molar-refractivity contribution is -0.145. The molecule has 5 rings (SSSR count). The molecular weight excluding hydrogens is 622 g/mol. The second kappa shape index (κ2) is 16.6. The molecule has 11 nitrogen and oxygen atoms in total. The van der Waals surface area contributed by atoms with Crippen LogP contribution in [-0.2, 0) is 42.4 Å². The van der Waals surface area contributed by atoms with Crippen LogP contribution in [0.4, 0.5) is 4.79 Å². The van der Waals surface area contributed by atoms with E-state index in [4.69, 9.17) is 9.47 Å². The monoisotopic (exact) mass is 659 g/mol. The molecule has 0 unspecified atom stereocenters. The molecule has 4 aromatic carbocycles. The predicted octanol–water partition coefficient (Wildman–Crippen LogP) is 3.97. The molecule has 1 heterocycles. The lowest BCUT2D eigenvalue weighted by atomic mass is 9.77. The highest BCUT2D eigenvalue weighted by Gasteiger charge is 2.38. The first-order chi connectivity index (χ1) is 23.9. The molecule has 0 fully saturated rings. The zero-order chi connectivity index (χ0) is 34.5. The highest BCUT2D eigenvalue weighted by atomic mass is 16.5. The number of aromatic nitrogens is 2. The number of esters is 1. The second-order valence-corrected chi connectivity index (χ2v) is 11.1. The summed E-state index contributed by atoms with van der Waals surface area (Å²) in [4.78, 5) is 54.5. The van der Waals surface area contributed by atoms with E-state index in [1.807, 2.05) is 83.6 Å². The molecule has 1 atom stereocenters. The Labute approximate surface area is 284 Å². The molecule has 250 valence electrons. The lowest BCUT2D eigenvalue weighted by Gasteiger charge is -2.37. The highest BCUT2D eigenvalue weighted by molar-refractivity contribution is 5.89. The quantitative estimate of drug-likeness (QED) is 0.121. The molecule has 3 amide bonds. The van der Waals surface area contributed by atoms with Gasteiger partial charge in [0.05, 0.1) is 25.7 Å². The fourth-order valence-corrected chi connectivity index (χ4v) is 5.60. The van der Waals surface area contributed by atoms with Crippen molar-refractivity contribution in [3.63, 3.8) is 0 Å². The molecule has 0 saturated heterocycles. The largest absolute Gasteiger partial charge is 0.467 e. The number of ether oxygens (including phenoxy) is 2. The molecule has 3 N–H and O–H groups in total. The summed E-state index contributed by atoms with van der Waals surface area (Å²) in [6.07, 6.45) is 2.84. The van der Waals surface area contributed by atoms with Crippen LogP contribution in [0.2, 0.25) is 0 Å². The number of nitrogens with zero attached hydrogens (tertiary/aromatic N) is 2. The maximum atomic E-state index is 12.8. The first-order valence-corrected chi connectivity index (χ1v) is 15.7. The van der Waals surface area contributed by atoms with E-state index >= 15 is 0 Å². The van der Waals surface area contributed by atoms with Crippen LogP contribution < -0.4 is 16.0 Å². The number of rotatable bonds is 14. The number of hydrogen-bond acceptors (Lipinski definition) is 7. The average molecular weight is 660 g/mol. The van der Waals surface area contributed by atoms with Gasteiger partial charge in [0, 0.05) is 12.6 Å². The van der Waals surface area contributed by atoms with Gasteiger partial charge in [-0.15, -0.1) is 0 Å². The smallest absolute Gasteiger partial charge is 0.407 e. The molecule has 49 heavy (non-hydrogen) atoms. The third kappa shape index (κ3) is 8.58. The summed E-state index contributed by atoms with van der Waals surface area (Å²) in [5, 5.41) is 7.39. The normalized spacial score (nSPS) is 11.5. The van der Waals surface area contributed by atoms with Crippen molar-refractivity contribution in [1.82, 2.24) is 25.5 Å². The maximum Gasteiger partial charge on any atom is 0.407 e. The minimum Gasteiger partial charge on any atom is -0.467 e. The van der Waals surface area contributed by atoms with Gasteiger partial charge in [-0.05, 0) is 22.3 Å². The minimum atomic E-state index is -1.08. The Morgan fingerprint density at radius 1 is 0.714 bits per heavy atom.